The molecule has 0 bridgehead atoms. The standard InChI is InChI=1S/C18H19ClN4O2S/c1-11-3-12(15-6-21-17(26-15)18(20)8-25-9-18)5-13(4-11)23-7-14(19)16(24-2)22-10-23/h3-7H,8-10,20H2,1-2H3. The average Bonchev–Trinajstić information content (AvgIpc) is 3.09. The van der Waals surface area contributed by atoms with E-state index < -0.39 is 5.54 Å². The first-order valence-electron chi connectivity index (χ1n) is 8.16. The number of anilines is 1. The van der Waals surface area contributed by atoms with Crippen molar-refractivity contribution in [1.82, 2.24) is 4.98 Å². The normalized spacial score (nSPS) is 18.8. The highest BCUT2D eigenvalue weighted by Gasteiger charge is 2.39. The number of methoxy groups -OCH3 is 1. The molecule has 0 atom stereocenters. The van der Waals surface area contributed by atoms with Gasteiger partial charge in [0.2, 0.25) is 5.90 Å². The maximum absolute atomic E-state index is 6.30. The Morgan fingerprint density at radius 3 is 2.81 bits per heavy atom. The molecule has 2 aromatic rings. The van der Waals surface area contributed by atoms with E-state index in [1.807, 2.05) is 17.3 Å². The van der Waals surface area contributed by atoms with Crippen LogP contribution in [0, 0.1) is 6.92 Å². The van der Waals surface area contributed by atoms with Crippen molar-refractivity contribution < 1.29 is 9.47 Å². The summed E-state index contributed by atoms with van der Waals surface area (Å²) in [6.07, 6.45) is 3.72. The van der Waals surface area contributed by atoms with Crippen molar-refractivity contribution in [2.24, 2.45) is 10.7 Å². The Labute approximate surface area is 160 Å². The second-order valence-corrected chi connectivity index (χ2v) is 7.93. The zero-order chi connectivity index (χ0) is 18.3. The summed E-state index contributed by atoms with van der Waals surface area (Å²) in [7, 11) is 1.56. The summed E-state index contributed by atoms with van der Waals surface area (Å²) >= 11 is 7.84. The Morgan fingerprint density at radius 2 is 2.15 bits per heavy atom. The summed E-state index contributed by atoms with van der Waals surface area (Å²) < 4.78 is 10.4. The lowest BCUT2D eigenvalue weighted by Crippen LogP contribution is -2.54. The highest BCUT2D eigenvalue weighted by molar-refractivity contribution is 7.15. The van der Waals surface area contributed by atoms with Gasteiger partial charge in [0.1, 0.15) is 22.2 Å². The van der Waals surface area contributed by atoms with Crippen LogP contribution >= 0.6 is 22.9 Å². The molecule has 1 aromatic heterocycles. The van der Waals surface area contributed by atoms with Gasteiger partial charge in [-0.05, 0) is 30.2 Å². The van der Waals surface area contributed by atoms with Crippen molar-refractivity contribution in [2.45, 2.75) is 12.5 Å². The number of ether oxygens (including phenoxy) is 2. The summed E-state index contributed by atoms with van der Waals surface area (Å²) in [5.74, 6) is 0.457. The maximum atomic E-state index is 6.30. The van der Waals surface area contributed by atoms with Gasteiger partial charge >= 0.3 is 0 Å². The molecule has 6 nitrogen and oxygen atoms in total. The molecule has 8 heteroatoms. The molecule has 0 aliphatic carbocycles. The lowest BCUT2D eigenvalue weighted by atomic mass is 10.0. The quantitative estimate of drug-likeness (QED) is 0.871. The maximum Gasteiger partial charge on any atom is 0.230 e. The lowest BCUT2D eigenvalue weighted by molar-refractivity contribution is -0.0569. The second kappa shape index (κ2) is 6.66. The fourth-order valence-electron chi connectivity index (χ4n) is 2.92. The highest BCUT2D eigenvalue weighted by atomic mass is 35.5. The summed E-state index contributed by atoms with van der Waals surface area (Å²) in [6, 6.07) is 6.35. The molecule has 0 spiro atoms. The number of nitrogens with two attached hydrogens (primary N) is 1. The van der Waals surface area contributed by atoms with Gasteiger partial charge in [-0.15, -0.1) is 11.3 Å². The zero-order valence-corrected chi connectivity index (χ0v) is 16.1. The van der Waals surface area contributed by atoms with E-state index >= 15 is 0 Å². The first kappa shape index (κ1) is 17.5. The molecule has 2 N–H and O–H groups in total. The van der Waals surface area contributed by atoms with Crippen LogP contribution in [0.25, 0.3) is 10.4 Å². The van der Waals surface area contributed by atoms with Crippen LogP contribution in [-0.2, 0) is 15.0 Å². The van der Waals surface area contributed by atoms with E-state index in [0.717, 1.165) is 26.7 Å². The van der Waals surface area contributed by atoms with E-state index in [4.69, 9.17) is 26.8 Å². The Morgan fingerprint density at radius 1 is 1.35 bits per heavy atom. The molecular formula is C18H19ClN4O2S. The monoisotopic (exact) mass is 390 g/mol. The van der Waals surface area contributed by atoms with Crippen LogP contribution in [0.4, 0.5) is 5.69 Å². The number of nitrogens with zero attached hydrogens (tertiary/aromatic N) is 3. The number of benzene rings is 1. The molecule has 0 amide bonds. The van der Waals surface area contributed by atoms with E-state index in [0.29, 0.717) is 30.8 Å². The SMILES string of the molecule is COC1=NCN(c2cc(C)cc(-c3cnc(C4(N)COC4)s3)c2)C=C1Cl. The van der Waals surface area contributed by atoms with E-state index in [1.165, 1.54) is 0 Å². The van der Waals surface area contributed by atoms with Crippen molar-refractivity contribution in [1.29, 1.82) is 0 Å². The van der Waals surface area contributed by atoms with Gasteiger partial charge in [0, 0.05) is 18.1 Å². The predicted octanol–water partition coefficient (Wildman–Crippen LogP) is 3.21. The third-order valence-corrected chi connectivity index (χ3v) is 5.89. The van der Waals surface area contributed by atoms with E-state index in [2.05, 4.69) is 35.1 Å². The smallest absolute Gasteiger partial charge is 0.230 e. The minimum absolute atomic E-state index is 0.441. The van der Waals surface area contributed by atoms with Crippen LogP contribution in [0.3, 0.4) is 0 Å². The summed E-state index contributed by atoms with van der Waals surface area (Å²) in [5, 5.41) is 1.40. The van der Waals surface area contributed by atoms with Crippen LogP contribution in [-0.4, -0.2) is 37.9 Å². The summed E-state index contributed by atoms with van der Waals surface area (Å²) in [6.45, 7) is 3.57. The number of aliphatic imine (C=N–C) groups is 1. The van der Waals surface area contributed by atoms with Crippen LogP contribution in [0.2, 0.25) is 0 Å². The predicted molar refractivity (Wildman–Crippen MR) is 105 cm³/mol. The molecule has 136 valence electrons. The molecular weight excluding hydrogens is 372 g/mol. The van der Waals surface area contributed by atoms with Gasteiger partial charge in [0.05, 0.1) is 25.2 Å². The van der Waals surface area contributed by atoms with Crippen LogP contribution < -0.4 is 10.6 Å². The fourth-order valence-corrected chi connectivity index (χ4v) is 4.15. The van der Waals surface area contributed by atoms with Crippen molar-refractivity contribution in [3.8, 4) is 10.4 Å². The third kappa shape index (κ3) is 3.12. The first-order valence-corrected chi connectivity index (χ1v) is 9.36. The fraction of sp³-hybridized carbons (Fsp3) is 0.333. The number of aromatic nitrogens is 1. The number of hydrogen-bond donors (Lipinski definition) is 1. The molecule has 2 aliphatic rings. The molecule has 26 heavy (non-hydrogen) atoms. The molecule has 0 radical (unpaired) electrons. The Balaban J connectivity index is 1.64. The van der Waals surface area contributed by atoms with E-state index in [-0.39, 0.29) is 0 Å². The van der Waals surface area contributed by atoms with Gasteiger partial charge in [-0.1, -0.05) is 17.7 Å². The molecule has 0 saturated carbocycles. The Bertz CT molecular complexity index is 904. The Hall–Kier alpha value is -1.93. The van der Waals surface area contributed by atoms with Crippen molar-refractivity contribution in [2.75, 3.05) is 31.9 Å². The third-order valence-electron chi connectivity index (χ3n) is 4.36. The van der Waals surface area contributed by atoms with Crippen molar-refractivity contribution >= 4 is 34.5 Å². The van der Waals surface area contributed by atoms with E-state index in [9.17, 15) is 0 Å². The lowest BCUT2D eigenvalue weighted by Gasteiger charge is -2.35. The van der Waals surface area contributed by atoms with Gasteiger partial charge < -0.3 is 20.1 Å². The summed E-state index contributed by atoms with van der Waals surface area (Å²) in [5.41, 5.74) is 9.12. The number of thiazole rings is 1. The highest BCUT2D eigenvalue weighted by Crippen LogP contribution is 2.36. The minimum Gasteiger partial charge on any atom is -0.480 e. The molecule has 0 unspecified atom stereocenters. The topological polar surface area (TPSA) is 73.0 Å². The summed E-state index contributed by atoms with van der Waals surface area (Å²) in [4.78, 5) is 11.9. The van der Waals surface area contributed by atoms with Crippen LogP contribution in [0.15, 0.2) is 40.6 Å². The molecule has 1 saturated heterocycles. The van der Waals surface area contributed by atoms with Gasteiger partial charge in [0.15, 0.2) is 0 Å². The van der Waals surface area contributed by atoms with Gasteiger partial charge in [0.25, 0.3) is 0 Å². The van der Waals surface area contributed by atoms with Gasteiger partial charge in [-0.25, -0.2) is 9.98 Å². The van der Waals surface area contributed by atoms with E-state index in [1.54, 1.807) is 18.4 Å². The number of hydrogen-bond acceptors (Lipinski definition) is 7. The molecule has 3 heterocycles. The number of halogens is 1. The van der Waals surface area contributed by atoms with Gasteiger partial charge in [-0.2, -0.15) is 0 Å². The first-order chi connectivity index (χ1) is 12.5. The van der Waals surface area contributed by atoms with Gasteiger partial charge in [-0.3, -0.25) is 0 Å². The molecule has 4 rings (SSSR count). The number of aryl methyl sites for hydroxylation is 1. The molecule has 1 fully saturated rings. The van der Waals surface area contributed by atoms with Crippen LogP contribution in [0.5, 0.6) is 0 Å². The largest absolute Gasteiger partial charge is 0.480 e. The average molecular weight is 391 g/mol. The van der Waals surface area contributed by atoms with Crippen molar-refractivity contribution in [3.63, 3.8) is 0 Å². The Kier molecular flexibility index (Phi) is 4.48. The molecule has 2 aliphatic heterocycles. The number of rotatable bonds is 3. The van der Waals surface area contributed by atoms with Crippen molar-refractivity contribution in [3.05, 3.63) is 46.2 Å². The minimum atomic E-state index is -0.441. The van der Waals surface area contributed by atoms with Crippen LogP contribution in [0.1, 0.15) is 10.6 Å². The second-order valence-electron chi connectivity index (χ2n) is 6.49. The zero-order valence-electron chi connectivity index (χ0n) is 14.5. The molecule has 1 aromatic carbocycles.